The minimum absolute atomic E-state index is 0.161. The summed E-state index contributed by atoms with van der Waals surface area (Å²) in [5.41, 5.74) is 5.75. The molecule has 0 fully saturated rings. The average molecular weight is 219 g/mol. The quantitative estimate of drug-likeness (QED) is 0.762. The summed E-state index contributed by atoms with van der Waals surface area (Å²) in [6.07, 6.45) is 2.03. The molecule has 6 heteroatoms. The SMILES string of the molecule is CN(C=O)c1cc2cc(C(N)=O)ncc2o1. The van der Waals surface area contributed by atoms with E-state index in [0.717, 1.165) is 0 Å². The van der Waals surface area contributed by atoms with Gasteiger partial charge < -0.3 is 10.2 Å². The molecule has 0 aliphatic carbocycles. The van der Waals surface area contributed by atoms with Crippen LogP contribution in [0.2, 0.25) is 0 Å². The number of pyridine rings is 1. The number of hydrogen-bond acceptors (Lipinski definition) is 4. The van der Waals surface area contributed by atoms with E-state index in [2.05, 4.69) is 4.98 Å². The van der Waals surface area contributed by atoms with Gasteiger partial charge in [0.25, 0.3) is 5.91 Å². The molecule has 0 atom stereocenters. The Hall–Kier alpha value is -2.37. The van der Waals surface area contributed by atoms with E-state index in [0.29, 0.717) is 23.3 Å². The number of amides is 2. The van der Waals surface area contributed by atoms with Gasteiger partial charge in [0.05, 0.1) is 6.20 Å². The van der Waals surface area contributed by atoms with Gasteiger partial charge in [0.2, 0.25) is 12.3 Å². The smallest absolute Gasteiger partial charge is 0.267 e. The minimum atomic E-state index is -0.603. The van der Waals surface area contributed by atoms with E-state index in [-0.39, 0.29) is 5.69 Å². The predicted molar refractivity (Wildman–Crippen MR) is 57.0 cm³/mol. The van der Waals surface area contributed by atoms with Crippen LogP contribution in [0, 0.1) is 0 Å². The molecular formula is C10H9N3O3. The molecule has 82 valence electrons. The van der Waals surface area contributed by atoms with Crippen molar-refractivity contribution in [2.75, 3.05) is 11.9 Å². The molecule has 0 aromatic carbocycles. The predicted octanol–water partition coefficient (Wildman–Crippen LogP) is 0.519. The number of carbonyl (C=O) groups is 2. The third-order valence-electron chi connectivity index (χ3n) is 2.15. The van der Waals surface area contributed by atoms with Crippen LogP contribution >= 0.6 is 0 Å². The van der Waals surface area contributed by atoms with Crippen LogP contribution in [0.5, 0.6) is 0 Å². The number of nitrogens with two attached hydrogens (primary N) is 1. The molecular weight excluding hydrogens is 210 g/mol. The third kappa shape index (κ3) is 1.60. The first kappa shape index (κ1) is 10.2. The molecule has 0 aliphatic heterocycles. The highest BCUT2D eigenvalue weighted by molar-refractivity contribution is 5.95. The van der Waals surface area contributed by atoms with Crippen molar-refractivity contribution < 1.29 is 14.0 Å². The summed E-state index contributed by atoms with van der Waals surface area (Å²) >= 11 is 0. The van der Waals surface area contributed by atoms with E-state index < -0.39 is 5.91 Å². The van der Waals surface area contributed by atoms with Gasteiger partial charge in [-0.25, -0.2) is 4.98 Å². The molecule has 0 radical (unpaired) electrons. The number of nitrogens with zero attached hydrogens (tertiary/aromatic N) is 2. The molecule has 2 aromatic heterocycles. The van der Waals surface area contributed by atoms with Crippen molar-refractivity contribution in [3.63, 3.8) is 0 Å². The van der Waals surface area contributed by atoms with Crippen LogP contribution in [0.4, 0.5) is 5.88 Å². The fraction of sp³-hybridized carbons (Fsp3) is 0.100. The van der Waals surface area contributed by atoms with Crippen molar-refractivity contribution in [1.82, 2.24) is 4.98 Å². The maximum absolute atomic E-state index is 10.9. The van der Waals surface area contributed by atoms with E-state index in [1.54, 1.807) is 13.1 Å². The summed E-state index contributed by atoms with van der Waals surface area (Å²) in [5, 5.41) is 0.674. The highest BCUT2D eigenvalue weighted by atomic mass is 16.4. The lowest BCUT2D eigenvalue weighted by Crippen LogP contribution is -2.12. The van der Waals surface area contributed by atoms with Crippen LogP contribution in [-0.4, -0.2) is 24.3 Å². The number of hydrogen-bond donors (Lipinski definition) is 1. The fourth-order valence-electron chi connectivity index (χ4n) is 1.29. The Morgan fingerprint density at radius 2 is 2.31 bits per heavy atom. The maximum Gasteiger partial charge on any atom is 0.267 e. The van der Waals surface area contributed by atoms with E-state index in [1.165, 1.54) is 17.2 Å². The first-order chi connectivity index (χ1) is 7.61. The summed E-state index contributed by atoms with van der Waals surface area (Å²) in [7, 11) is 1.56. The van der Waals surface area contributed by atoms with Gasteiger partial charge in [0.1, 0.15) is 5.69 Å². The molecule has 0 bridgehead atoms. The summed E-state index contributed by atoms with van der Waals surface area (Å²) < 4.78 is 5.34. The van der Waals surface area contributed by atoms with Crippen LogP contribution in [0.25, 0.3) is 11.0 Å². The monoisotopic (exact) mass is 219 g/mol. The van der Waals surface area contributed by atoms with Crippen molar-refractivity contribution in [3.05, 3.63) is 24.0 Å². The van der Waals surface area contributed by atoms with Gasteiger partial charge in [0.15, 0.2) is 5.58 Å². The zero-order chi connectivity index (χ0) is 11.7. The van der Waals surface area contributed by atoms with E-state index in [9.17, 15) is 9.59 Å². The molecule has 0 unspecified atom stereocenters. The number of fused-ring (bicyclic) bond motifs is 1. The van der Waals surface area contributed by atoms with E-state index in [4.69, 9.17) is 10.2 Å². The zero-order valence-corrected chi connectivity index (χ0v) is 8.51. The normalized spacial score (nSPS) is 10.3. The van der Waals surface area contributed by atoms with Crippen molar-refractivity contribution in [1.29, 1.82) is 0 Å². The van der Waals surface area contributed by atoms with Gasteiger partial charge in [-0.15, -0.1) is 0 Å². The molecule has 0 spiro atoms. The fourth-order valence-corrected chi connectivity index (χ4v) is 1.29. The molecule has 16 heavy (non-hydrogen) atoms. The van der Waals surface area contributed by atoms with Crippen LogP contribution in [0.3, 0.4) is 0 Å². The molecule has 0 saturated carbocycles. The minimum Gasteiger partial charge on any atom is -0.438 e. The third-order valence-corrected chi connectivity index (χ3v) is 2.15. The summed E-state index contributed by atoms with van der Waals surface area (Å²) in [6, 6.07) is 3.15. The first-order valence-corrected chi connectivity index (χ1v) is 4.49. The van der Waals surface area contributed by atoms with Crippen molar-refractivity contribution >= 4 is 29.2 Å². The Morgan fingerprint density at radius 3 is 2.94 bits per heavy atom. The van der Waals surface area contributed by atoms with Crippen LogP contribution in [0.15, 0.2) is 22.7 Å². The number of furan rings is 1. The summed E-state index contributed by atoms with van der Waals surface area (Å²) in [4.78, 5) is 26.5. The molecule has 0 saturated heterocycles. The second-order valence-electron chi connectivity index (χ2n) is 3.27. The zero-order valence-electron chi connectivity index (χ0n) is 8.51. The second-order valence-corrected chi connectivity index (χ2v) is 3.27. The lowest BCUT2D eigenvalue weighted by Gasteiger charge is -2.03. The Labute approximate surface area is 90.6 Å². The van der Waals surface area contributed by atoms with Gasteiger partial charge in [-0.05, 0) is 6.07 Å². The Bertz CT molecular complexity index is 561. The lowest BCUT2D eigenvalue weighted by atomic mass is 10.2. The molecule has 2 aromatic rings. The van der Waals surface area contributed by atoms with Crippen molar-refractivity contribution in [3.8, 4) is 0 Å². The van der Waals surface area contributed by atoms with Crippen molar-refractivity contribution in [2.24, 2.45) is 5.73 Å². The summed E-state index contributed by atoms with van der Waals surface area (Å²) in [5.74, 6) is -0.221. The van der Waals surface area contributed by atoms with E-state index in [1.807, 2.05) is 0 Å². The Kier molecular flexibility index (Phi) is 2.32. The largest absolute Gasteiger partial charge is 0.438 e. The highest BCUT2D eigenvalue weighted by Crippen LogP contribution is 2.24. The molecule has 2 amide bonds. The Balaban J connectivity index is 2.53. The number of primary amides is 1. The van der Waals surface area contributed by atoms with Gasteiger partial charge in [-0.2, -0.15) is 0 Å². The molecule has 2 N–H and O–H groups in total. The van der Waals surface area contributed by atoms with Crippen LogP contribution < -0.4 is 10.6 Å². The van der Waals surface area contributed by atoms with Crippen LogP contribution in [-0.2, 0) is 4.79 Å². The van der Waals surface area contributed by atoms with E-state index >= 15 is 0 Å². The number of carbonyl (C=O) groups excluding carboxylic acids is 2. The standard InChI is InChI=1S/C10H9N3O3/c1-13(5-14)9-3-6-2-7(10(11)15)12-4-8(6)16-9/h2-5H,1H3,(H2,11,15). The number of rotatable bonds is 3. The highest BCUT2D eigenvalue weighted by Gasteiger charge is 2.10. The average Bonchev–Trinajstić information content (AvgIpc) is 2.70. The lowest BCUT2D eigenvalue weighted by molar-refractivity contribution is -0.107. The maximum atomic E-state index is 10.9. The molecule has 2 heterocycles. The summed E-state index contributed by atoms with van der Waals surface area (Å²) in [6.45, 7) is 0. The molecule has 6 nitrogen and oxygen atoms in total. The number of aromatic nitrogens is 1. The van der Waals surface area contributed by atoms with Gasteiger partial charge in [0, 0.05) is 18.5 Å². The van der Waals surface area contributed by atoms with Gasteiger partial charge in [-0.1, -0.05) is 0 Å². The topological polar surface area (TPSA) is 89.4 Å². The molecule has 2 rings (SSSR count). The van der Waals surface area contributed by atoms with Gasteiger partial charge in [-0.3, -0.25) is 14.5 Å². The first-order valence-electron chi connectivity index (χ1n) is 4.49. The second kappa shape index (κ2) is 3.65. The molecule has 0 aliphatic rings. The van der Waals surface area contributed by atoms with Crippen LogP contribution in [0.1, 0.15) is 10.5 Å². The Morgan fingerprint density at radius 1 is 1.56 bits per heavy atom. The van der Waals surface area contributed by atoms with Crippen molar-refractivity contribution in [2.45, 2.75) is 0 Å². The van der Waals surface area contributed by atoms with Gasteiger partial charge >= 0.3 is 0 Å². The number of anilines is 1.